The summed E-state index contributed by atoms with van der Waals surface area (Å²) in [5.74, 6) is -0.470. The lowest BCUT2D eigenvalue weighted by atomic mass is 9.98. The summed E-state index contributed by atoms with van der Waals surface area (Å²) in [5, 5.41) is 0.459. The zero-order valence-electron chi connectivity index (χ0n) is 11.2. The molecular weight excluding hydrogens is 288 g/mol. The molecule has 1 aliphatic rings. The van der Waals surface area contributed by atoms with Crippen LogP contribution in [0.4, 0.5) is 5.69 Å². The standard InChI is InChI=1S/C16H13ClN2O2/c17-13-6-5-10(7-14(13)18)9-19-15(20)8-11-3-1-2-4-12(11)16(19)21/h1-7H,8-9,18H2. The van der Waals surface area contributed by atoms with Gasteiger partial charge in [-0.05, 0) is 29.3 Å². The summed E-state index contributed by atoms with van der Waals surface area (Å²) in [6, 6.07) is 12.3. The van der Waals surface area contributed by atoms with E-state index in [9.17, 15) is 9.59 Å². The molecule has 0 bridgehead atoms. The quantitative estimate of drug-likeness (QED) is 0.685. The van der Waals surface area contributed by atoms with Crippen LogP contribution in [0.5, 0.6) is 0 Å². The molecule has 2 amide bonds. The molecule has 3 rings (SSSR count). The van der Waals surface area contributed by atoms with Crippen LogP contribution in [0.15, 0.2) is 42.5 Å². The maximum Gasteiger partial charge on any atom is 0.261 e. The molecule has 2 N–H and O–H groups in total. The molecule has 0 unspecified atom stereocenters. The highest BCUT2D eigenvalue weighted by Gasteiger charge is 2.30. The summed E-state index contributed by atoms with van der Waals surface area (Å²) >= 11 is 5.88. The van der Waals surface area contributed by atoms with E-state index in [-0.39, 0.29) is 24.8 Å². The predicted molar refractivity (Wildman–Crippen MR) is 80.9 cm³/mol. The molecule has 0 radical (unpaired) electrons. The fraction of sp³-hybridized carbons (Fsp3) is 0.125. The van der Waals surface area contributed by atoms with Gasteiger partial charge in [0, 0.05) is 5.56 Å². The van der Waals surface area contributed by atoms with Crippen molar-refractivity contribution in [3.8, 4) is 0 Å². The third kappa shape index (κ3) is 2.50. The van der Waals surface area contributed by atoms with Crippen molar-refractivity contribution in [2.75, 3.05) is 5.73 Å². The first-order valence-electron chi connectivity index (χ1n) is 6.53. The van der Waals surface area contributed by atoms with E-state index in [1.807, 2.05) is 12.1 Å². The number of carbonyl (C=O) groups is 2. The molecule has 5 heteroatoms. The average Bonchev–Trinajstić information content (AvgIpc) is 2.47. The van der Waals surface area contributed by atoms with E-state index in [1.54, 1.807) is 30.3 Å². The van der Waals surface area contributed by atoms with Gasteiger partial charge in [-0.1, -0.05) is 35.9 Å². The maximum absolute atomic E-state index is 12.4. The number of rotatable bonds is 2. The third-order valence-electron chi connectivity index (χ3n) is 3.54. The van der Waals surface area contributed by atoms with E-state index >= 15 is 0 Å². The van der Waals surface area contributed by atoms with Gasteiger partial charge in [0.15, 0.2) is 0 Å². The SMILES string of the molecule is Nc1cc(CN2C(=O)Cc3ccccc3C2=O)ccc1Cl. The van der Waals surface area contributed by atoms with Crippen molar-refractivity contribution in [3.63, 3.8) is 0 Å². The van der Waals surface area contributed by atoms with Gasteiger partial charge < -0.3 is 5.73 Å². The Morgan fingerprint density at radius 3 is 2.67 bits per heavy atom. The zero-order chi connectivity index (χ0) is 15.0. The van der Waals surface area contributed by atoms with Crippen LogP contribution in [-0.4, -0.2) is 16.7 Å². The van der Waals surface area contributed by atoms with Crippen LogP contribution in [0.25, 0.3) is 0 Å². The Kier molecular flexibility index (Phi) is 3.39. The van der Waals surface area contributed by atoms with Crippen LogP contribution in [0.3, 0.4) is 0 Å². The van der Waals surface area contributed by atoms with Crippen molar-refractivity contribution in [2.45, 2.75) is 13.0 Å². The molecule has 1 heterocycles. The van der Waals surface area contributed by atoms with Gasteiger partial charge in [0.25, 0.3) is 5.91 Å². The van der Waals surface area contributed by atoms with Crippen LogP contribution >= 0.6 is 11.6 Å². The first kappa shape index (κ1) is 13.6. The molecule has 21 heavy (non-hydrogen) atoms. The van der Waals surface area contributed by atoms with Gasteiger partial charge in [0.1, 0.15) is 0 Å². The van der Waals surface area contributed by atoms with Gasteiger partial charge in [-0.3, -0.25) is 14.5 Å². The minimum absolute atomic E-state index is 0.202. The number of amides is 2. The number of nitrogens with two attached hydrogens (primary N) is 1. The van der Waals surface area contributed by atoms with Gasteiger partial charge in [-0.15, -0.1) is 0 Å². The van der Waals surface area contributed by atoms with Gasteiger partial charge in [-0.25, -0.2) is 0 Å². The summed E-state index contributed by atoms with van der Waals surface area (Å²) in [7, 11) is 0. The second kappa shape index (κ2) is 5.22. The number of nitrogen functional groups attached to an aromatic ring is 1. The molecule has 0 saturated heterocycles. The smallest absolute Gasteiger partial charge is 0.261 e. The Labute approximate surface area is 127 Å². The number of halogens is 1. The molecule has 0 aromatic heterocycles. The number of imide groups is 1. The van der Waals surface area contributed by atoms with Crippen molar-refractivity contribution in [1.82, 2.24) is 4.90 Å². The molecule has 106 valence electrons. The molecular formula is C16H13ClN2O2. The molecule has 0 saturated carbocycles. The molecule has 0 fully saturated rings. The van der Waals surface area contributed by atoms with Gasteiger partial charge in [0.05, 0.1) is 23.7 Å². The van der Waals surface area contributed by atoms with E-state index in [0.717, 1.165) is 11.1 Å². The van der Waals surface area contributed by atoms with Gasteiger partial charge >= 0.3 is 0 Å². The van der Waals surface area contributed by atoms with Crippen LogP contribution < -0.4 is 5.73 Å². The molecule has 2 aromatic carbocycles. The number of anilines is 1. The van der Waals surface area contributed by atoms with Crippen molar-refractivity contribution in [2.24, 2.45) is 0 Å². The molecule has 4 nitrogen and oxygen atoms in total. The summed E-state index contributed by atoms with van der Waals surface area (Å²) < 4.78 is 0. The minimum Gasteiger partial charge on any atom is -0.398 e. The van der Waals surface area contributed by atoms with Crippen LogP contribution in [0.2, 0.25) is 5.02 Å². The van der Waals surface area contributed by atoms with Gasteiger partial charge in [-0.2, -0.15) is 0 Å². The Morgan fingerprint density at radius 2 is 1.90 bits per heavy atom. The van der Waals surface area contributed by atoms with E-state index in [4.69, 9.17) is 17.3 Å². The molecule has 0 spiro atoms. The fourth-order valence-corrected chi connectivity index (χ4v) is 2.55. The van der Waals surface area contributed by atoms with E-state index in [2.05, 4.69) is 0 Å². The Morgan fingerprint density at radius 1 is 1.14 bits per heavy atom. The van der Waals surface area contributed by atoms with E-state index < -0.39 is 0 Å². The van der Waals surface area contributed by atoms with Crippen LogP contribution in [0.1, 0.15) is 21.5 Å². The number of benzene rings is 2. The second-order valence-corrected chi connectivity index (χ2v) is 5.38. The third-order valence-corrected chi connectivity index (χ3v) is 3.88. The van der Waals surface area contributed by atoms with Crippen LogP contribution in [0, 0.1) is 0 Å². The summed E-state index contributed by atoms with van der Waals surface area (Å²) in [6.07, 6.45) is 0.241. The number of hydrogen-bond donors (Lipinski definition) is 1. The Hall–Kier alpha value is -2.33. The lowest BCUT2D eigenvalue weighted by molar-refractivity contribution is -0.128. The van der Waals surface area contributed by atoms with E-state index in [1.165, 1.54) is 4.90 Å². The van der Waals surface area contributed by atoms with Gasteiger partial charge in [0.2, 0.25) is 5.91 Å². The average molecular weight is 301 g/mol. The lowest BCUT2D eigenvalue weighted by Gasteiger charge is -2.27. The number of fused-ring (bicyclic) bond motifs is 1. The summed E-state index contributed by atoms with van der Waals surface area (Å²) in [4.78, 5) is 25.9. The van der Waals surface area contributed by atoms with Crippen molar-refractivity contribution in [3.05, 3.63) is 64.2 Å². The largest absolute Gasteiger partial charge is 0.398 e. The zero-order valence-corrected chi connectivity index (χ0v) is 11.9. The first-order valence-corrected chi connectivity index (χ1v) is 6.90. The Balaban J connectivity index is 1.91. The van der Waals surface area contributed by atoms with Crippen molar-refractivity contribution >= 4 is 29.1 Å². The first-order chi connectivity index (χ1) is 10.1. The minimum atomic E-state index is -0.268. The highest BCUT2D eigenvalue weighted by Crippen LogP contribution is 2.24. The van der Waals surface area contributed by atoms with Crippen molar-refractivity contribution < 1.29 is 9.59 Å². The molecule has 0 atom stereocenters. The van der Waals surface area contributed by atoms with Crippen LogP contribution in [-0.2, 0) is 17.8 Å². The van der Waals surface area contributed by atoms with E-state index in [0.29, 0.717) is 16.3 Å². The lowest BCUT2D eigenvalue weighted by Crippen LogP contribution is -2.41. The van der Waals surface area contributed by atoms with Crippen molar-refractivity contribution in [1.29, 1.82) is 0 Å². The molecule has 1 aliphatic heterocycles. The Bertz CT molecular complexity index is 743. The monoisotopic (exact) mass is 300 g/mol. The highest BCUT2D eigenvalue weighted by atomic mass is 35.5. The fourth-order valence-electron chi connectivity index (χ4n) is 2.43. The highest BCUT2D eigenvalue weighted by molar-refractivity contribution is 6.33. The maximum atomic E-state index is 12.4. The summed E-state index contributed by atoms with van der Waals surface area (Å²) in [6.45, 7) is 0.202. The predicted octanol–water partition coefficient (Wildman–Crippen LogP) is 2.65. The number of carbonyl (C=O) groups excluding carboxylic acids is 2. The number of hydrogen-bond acceptors (Lipinski definition) is 3. The normalized spacial score (nSPS) is 14.2. The topological polar surface area (TPSA) is 63.4 Å². The molecule has 0 aliphatic carbocycles. The number of nitrogens with zero attached hydrogens (tertiary/aromatic N) is 1. The summed E-state index contributed by atoms with van der Waals surface area (Å²) in [5.41, 5.74) is 8.32. The molecule has 2 aromatic rings. The second-order valence-electron chi connectivity index (χ2n) is 4.97.